The molecule has 0 aliphatic heterocycles. The van der Waals surface area contributed by atoms with E-state index < -0.39 is 0 Å². The first kappa shape index (κ1) is 10.3. The Morgan fingerprint density at radius 1 is 1.54 bits per heavy atom. The van der Waals surface area contributed by atoms with Crippen molar-refractivity contribution in [1.29, 1.82) is 0 Å². The summed E-state index contributed by atoms with van der Waals surface area (Å²) in [4.78, 5) is 0. The zero-order chi connectivity index (χ0) is 9.84. The highest BCUT2D eigenvalue weighted by Gasteiger charge is 1.99. The van der Waals surface area contributed by atoms with Crippen LogP contribution in [0.4, 0.5) is 4.39 Å². The van der Waals surface area contributed by atoms with E-state index >= 15 is 0 Å². The third-order valence-electron chi connectivity index (χ3n) is 1.62. The van der Waals surface area contributed by atoms with Crippen LogP contribution in [0.25, 0.3) is 0 Å². The highest BCUT2D eigenvalue weighted by molar-refractivity contribution is 6.29. The second kappa shape index (κ2) is 4.43. The summed E-state index contributed by atoms with van der Waals surface area (Å²) < 4.78 is 12.9. The molecule has 0 nitrogen and oxygen atoms in total. The monoisotopic (exact) mass is 197 g/mol. The quantitative estimate of drug-likeness (QED) is 0.691. The van der Waals surface area contributed by atoms with E-state index in [1.807, 2.05) is 19.4 Å². The lowest BCUT2D eigenvalue weighted by Gasteiger charge is -2.01. The van der Waals surface area contributed by atoms with Crippen LogP contribution >= 0.6 is 11.6 Å². The van der Waals surface area contributed by atoms with Gasteiger partial charge < -0.3 is 0 Å². The summed E-state index contributed by atoms with van der Waals surface area (Å²) in [5.74, 6) is -0.216. The molecular formula is C11H11ClF. The van der Waals surface area contributed by atoms with Crippen LogP contribution in [0.2, 0.25) is 0 Å². The van der Waals surface area contributed by atoms with Gasteiger partial charge in [-0.3, -0.25) is 0 Å². The molecule has 69 valence electrons. The van der Waals surface area contributed by atoms with Crippen LogP contribution in [0.3, 0.4) is 0 Å². The van der Waals surface area contributed by atoms with Crippen molar-refractivity contribution in [1.82, 2.24) is 0 Å². The van der Waals surface area contributed by atoms with Gasteiger partial charge in [0.2, 0.25) is 0 Å². The molecule has 0 unspecified atom stereocenters. The van der Waals surface area contributed by atoms with Gasteiger partial charge in [-0.2, -0.15) is 0 Å². The molecule has 0 aromatic heterocycles. The smallest absolute Gasteiger partial charge is 0.123 e. The Hall–Kier alpha value is -0.820. The van der Waals surface area contributed by atoms with Crippen molar-refractivity contribution in [2.75, 3.05) is 0 Å². The maximum Gasteiger partial charge on any atom is 0.123 e. The molecule has 0 aliphatic rings. The van der Waals surface area contributed by atoms with E-state index in [0.717, 1.165) is 11.1 Å². The van der Waals surface area contributed by atoms with Gasteiger partial charge in [0.05, 0.1) is 0 Å². The number of halogens is 2. The van der Waals surface area contributed by atoms with Crippen molar-refractivity contribution in [3.05, 3.63) is 53.2 Å². The lowest BCUT2D eigenvalue weighted by atomic mass is 10.1. The maximum atomic E-state index is 12.9. The van der Waals surface area contributed by atoms with E-state index in [1.165, 1.54) is 12.1 Å². The number of hydrogen-bond donors (Lipinski definition) is 0. The number of hydrogen-bond acceptors (Lipinski definition) is 0. The van der Waals surface area contributed by atoms with E-state index in [-0.39, 0.29) is 5.82 Å². The number of rotatable bonds is 3. The topological polar surface area (TPSA) is 0 Å². The molecule has 0 fully saturated rings. The van der Waals surface area contributed by atoms with Crippen molar-refractivity contribution < 1.29 is 4.39 Å². The van der Waals surface area contributed by atoms with Crippen LogP contribution in [-0.4, -0.2) is 0 Å². The van der Waals surface area contributed by atoms with Gasteiger partial charge in [0.1, 0.15) is 5.82 Å². The van der Waals surface area contributed by atoms with Crippen LogP contribution in [0.1, 0.15) is 17.5 Å². The Bertz CT molecular complexity index is 298. The van der Waals surface area contributed by atoms with Gasteiger partial charge in [0, 0.05) is 5.03 Å². The Labute approximate surface area is 83.0 Å². The standard InChI is InChI=1S/C11H11ClF/c1-8-5-10(4-3-9(2)12)7-11(13)6-8/h4-7H,2-3H2,1H3. The SMILES string of the molecule is C=C(Cl)C[CH]c1cc(C)cc(F)c1. The Morgan fingerprint density at radius 2 is 2.23 bits per heavy atom. The molecule has 0 amide bonds. The van der Waals surface area contributed by atoms with Gasteiger partial charge in [-0.15, -0.1) is 0 Å². The van der Waals surface area contributed by atoms with Crippen LogP contribution in [0.5, 0.6) is 0 Å². The van der Waals surface area contributed by atoms with Gasteiger partial charge in [-0.1, -0.05) is 24.2 Å². The summed E-state index contributed by atoms with van der Waals surface area (Å²) in [6.07, 6.45) is 2.43. The van der Waals surface area contributed by atoms with Gasteiger partial charge in [-0.25, -0.2) is 4.39 Å². The van der Waals surface area contributed by atoms with E-state index in [2.05, 4.69) is 6.58 Å². The minimum Gasteiger partial charge on any atom is -0.207 e. The molecule has 0 saturated heterocycles. The van der Waals surface area contributed by atoms with Crippen molar-refractivity contribution in [3.8, 4) is 0 Å². The molecule has 0 bridgehead atoms. The van der Waals surface area contributed by atoms with Crippen molar-refractivity contribution in [2.45, 2.75) is 13.3 Å². The first-order chi connectivity index (χ1) is 6.08. The summed E-state index contributed by atoms with van der Waals surface area (Å²) >= 11 is 5.59. The largest absolute Gasteiger partial charge is 0.207 e. The Morgan fingerprint density at radius 3 is 2.77 bits per heavy atom. The van der Waals surface area contributed by atoms with E-state index in [0.29, 0.717) is 11.5 Å². The van der Waals surface area contributed by atoms with E-state index in [4.69, 9.17) is 11.6 Å². The molecule has 0 saturated carbocycles. The Balaban J connectivity index is 2.71. The van der Waals surface area contributed by atoms with Crippen LogP contribution in [0, 0.1) is 19.2 Å². The molecule has 0 atom stereocenters. The molecule has 0 spiro atoms. The summed E-state index contributed by atoms with van der Waals surface area (Å²) in [6, 6.07) is 4.88. The predicted molar refractivity (Wildman–Crippen MR) is 54.1 cm³/mol. The van der Waals surface area contributed by atoms with Gasteiger partial charge in [0.25, 0.3) is 0 Å². The number of aryl methyl sites for hydroxylation is 1. The van der Waals surface area contributed by atoms with Crippen LogP contribution in [-0.2, 0) is 0 Å². The normalized spacial score (nSPS) is 10.1. The molecular weight excluding hydrogens is 187 g/mol. The highest BCUT2D eigenvalue weighted by atomic mass is 35.5. The van der Waals surface area contributed by atoms with Crippen molar-refractivity contribution in [2.24, 2.45) is 0 Å². The highest BCUT2D eigenvalue weighted by Crippen LogP contribution is 2.15. The minimum atomic E-state index is -0.216. The molecule has 13 heavy (non-hydrogen) atoms. The molecule has 0 aliphatic carbocycles. The number of allylic oxidation sites excluding steroid dienone is 1. The van der Waals surface area contributed by atoms with Crippen LogP contribution < -0.4 is 0 Å². The minimum absolute atomic E-state index is 0.216. The second-order valence-corrected chi connectivity index (χ2v) is 3.52. The van der Waals surface area contributed by atoms with E-state index in [9.17, 15) is 4.39 Å². The lowest BCUT2D eigenvalue weighted by Crippen LogP contribution is -1.86. The third-order valence-corrected chi connectivity index (χ3v) is 1.78. The fourth-order valence-electron chi connectivity index (χ4n) is 1.11. The summed E-state index contributed by atoms with van der Waals surface area (Å²) in [6.45, 7) is 5.41. The maximum absolute atomic E-state index is 12.9. The molecule has 1 aromatic carbocycles. The lowest BCUT2D eigenvalue weighted by molar-refractivity contribution is 0.625. The molecule has 1 aromatic rings. The van der Waals surface area contributed by atoms with Crippen molar-refractivity contribution >= 4 is 11.6 Å². The Kier molecular flexibility index (Phi) is 3.49. The fourth-order valence-corrected chi connectivity index (χ4v) is 1.19. The molecule has 0 N–H and O–H groups in total. The average Bonchev–Trinajstić information content (AvgIpc) is 1.99. The van der Waals surface area contributed by atoms with Crippen molar-refractivity contribution in [3.63, 3.8) is 0 Å². The molecule has 1 rings (SSSR count). The summed E-state index contributed by atoms with van der Waals surface area (Å²) in [5.41, 5.74) is 1.76. The molecule has 0 heterocycles. The molecule has 1 radical (unpaired) electrons. The summed E-state index contributed by atoms with van der Waals surface area (Å²) in [5, 5.41) is 0.557. The summed E-state index contributed by atoms with van der Waals surface area (Å²) in [7, 11) is 0. The van der Waals surface area contributed by atoms with E-state index in [1.54, 1.807) is 0 Å². The first-order valence-corrected chi connectivity index (χ1v) is 4.39. The molecule has 2 heteroatoms. The van der Waals surface area contributed by atoms with Crippen LogP contribution in [0.15, 0.2) is 29.8 Å². The zero-order valence-electron chi connectivity index (χ0n) is 7.48. The first-order valence-electron chi connectivity index (χ1n) is 4.01. The van der Waals surface area contributed by atoms with Gasteiger partial charge in [0.15, 0.2) is 0 Å². The second-order valence-electron chi connectivity index (χ2n) is 2.99. The average molecular weight is 198 g/mol. The predicted octanol–water partition coefficient (Wildman–Crippen LogP) is 3.83. The fraction of sp³-hybridized carbons (Fsp3) is 0.182. The van der Waals surface area contributed by atoms with Gasteiger partial charge >= 0.3 is 0 Å². The number of benzene rings is 1. The third kappa shape index (κ3) is 3.60. The zero-order valence-corrected chi connectivity index (χ0v) is 8.24. The van der Waals surface area contributed by atoms with Gasteiger partial charge in [-0.05, 0) is 43.0 Å².